The van der Waals surface area contributed by atoms with Crippen LogP contribution in [-0.4, -0.2) is 26.2 Å². The molecule has 2 aromatic rings. The molecule has 4 nitrogen and oxygen atoms in total. The second kappa shape index (κ2) is 5.57. The van der Waals surface area contributed by atoms with Gasteiger partial charge in [-0.25, -0.2) is 4.98 Å². The average molecular weight is 275 g/mol. The number of benzene rings is 1. The van der Waals surface area contributed by atoms with Crippen molar-refractivity contribution >= 4 is 17.5 Å². The molecule has 1 N–H and O–H groups in total. The van der Waals surface area contributed by atoms with Gasteiger partial charge in [0.1, 0.15) is 5.82 Å². The Labute approximate surface area is 117 Å². The van der Waals surface area contributed by atoms with Crippen molar-refractivity contribution in [1.29, 1.82) is 0 Å². The average Bonchev–Trinajstić information content (AvgIpc) is 2.77. The third-order valence-electron chi connectivity index (χ3n) is 2.89. The minimum Gasteiger partial charge on any atom is -0.293 e. The van der Waals surface area contributed by atoms with Gasteiger partial charge in [-0.05, 0) is 39.3 Å². The smallest absolute Gasteiger partial charge is 0.209 e. The van der Waals surface area contributed by atoms with Gasteiger partial charge in [-0.1, -0.05) is 29.5 Å². The first-order chi connectivity index (χ1) is 8.97. The van der Waals surface area contributed by atoms with Gasteiger partial charge in [-0.15, -0.1) is 5.10 Å². The summed E-state index contributed by atoms with van der Waals surface area (Å²) in [7, 11) is 0. The molecule has 1 aromatic heterocycles. The predicted octanol–water partition coefficient (Wildman–Crippen LogP) is 3.09. The lowest BCUT2D eigenvalue weighted by Gasteiger charge is -2.11. The summed E-state index contributed by atoms with van der Waals surface area (Å²) >= 11 is 1.38. The molecule has 5 heteroatoms. The molecule has 1 aromatic carbocycles. The second-order valence-corrected chi connectivity index (χ2v) is 5.95. The maximum absolute atomic E-state index is 12.4. The summed E-state index contributed by atoms with van der Waals surface area (Å²) in [5.41, 5.74) is 2.89. The Balaban J connectivity index is 2.16. The Kier molecular flexibility index (Phi) is 4.04. The first-order valence-electron chi connectivity index (χ1n) is 6.14. The van der Waals surface area contributed by atoms with Crippen LogP contribution in [0, 0.1) is 20.8 Å². The molecule has 1 unspecified atom stereocenters. The van der Waals surface area contributed by atoms with E-state index in [0.29, 0.717) is 5.16 Å². The predicted molar refractivity (Wildman–Crippen MR) is 76.7 cm³/mol. The lowest BCUT2D eigenvalue weighted by Crippen LogP contribution is -2.15. The maximum atomic E-state index is 12.4. The summed E-state index contributed by atoms with van der Waals surface area (Å²) in [6.07, 6.45) is 0. The Morgan fingerprint density at radius 1 is 1.32 bits per heavy atom. The number of nitrogens with zero attached hydrogens (tertiary/aromatic N) is 2. The molecule has 2 rings (SSSR count). The fourth-order valence-electron chi connectivity index (χ4n) is 1.81. The molecule has 1 heterocycles. The zero-order valence-corrected chi connectivity index (χ0v) is 12.3. The number of nitrogens with one attached hydrogen (secondary N) is 1. The zero-order valence-electron chi connectivity index (χ0n) is 11.5. The SMILES string of the molecule is Cc1ccc(C)c(C(=O)C(C)Sc2n[nH]c(C)n2)c1. The van der Waals surface area contributed by atoms with Crippen LogP contribution in [0.3, 0.4) is 0 Å². The highest BCUT2D eigenvalue weighted by molar-refractivity contribution is 8.00. The van der Waals surface area contributed by atoms with Crippen molar-refractivity contribution in [2.75, 3.05) is 0 Å². The number of H-pyrrole nitrogens is 1. The van der Waals surface area contributed by atoms with Crippen molar-refractivity contribution in [2.24, 2.45) is 0 Å². The van der Waals surface area contributed by atoms with E-state index in [4.69, 9.17) is 0 Å². The van der Waals surface area contributed by atoms with Crippen LogP contribution < -0.4 is 0 Å². The van der Waals surface area contributed by atoms with E-state index in [2.05, 4.69) is 15.2 Å². The normalized spacial score (nSPS) is 12.4. The minimum atomic E-state index is -0.198. The number of aromatic nitrogens is 3. The van der Waals surface area contributed by atoms with Crippen LogP contribution in [0.15, 0.2) is 23.4 Å². The third-order valence-corrected chi connectivity index (χ3v) is 3.85. The molecule has 100 valence electrons. The van der Waals surface area contributed by atoms with Crippen LogP contribution in [-0.2, 0) is 0 Å². The molecule has 19 heavy (non-hydrogen) atoms. The van der Waals surface area contributed by atoms with E-state index < -0.39 is 0 Å². The largest absolute Gasteiger partial charge is 0.293 e. The minimum absolute atomic E-state index is 0.119. The second-order valence-electron chi connectivity index (χ2n) is 4.65. The van der Waals surface area contributed by atoms with E-state index in [1.165, 1.54) is 11.8 Å². The number of aromatic amines is 1. The number of thioether (sulfide) groups is 1. The van der Waals surface area contributed by atoms with E-state index in [1.54, 1.807) is 0 Å². The van der Waals surface area contributed by atoms with Crippen LogP contribution in [0.4, 0.5) is 0 Å². The van der Waals surface area contributed by atoms with Gasteiger partial charge >= 0.3 is 0 Å². The topological polar surface area (TPSA) is 58.6 Å². The van der Waals surface area contributed by atoms with Crippen molar-refractivity contribution in [3.8, 4) is 0 Å². The van der Waals surface area contributed by atoms with Gasteiger partial charge in [0.05, 0.1) is 5.25 Å². The summed E-state index contributed by atoms with van der Waals surface area (Å²) in [6, 6.07) is 5.94. The van der Waals surface area contributed by atoms with Crippen LogP contribution >= 0.6 is 11.8 Å². The molecule has 0 saturated heterocycles. The Bertz CT molecular complexity index is 606. The molecular formula is C14H17N3OS. The first-order valence-corrected chi connectivity index (χ1v) is 7.02. The molecule has 1 atom stereocenters. The first kappa shape index (κ1) is 13.8. The van der Waals surface area contributed by atoms with E-state index >= 15 is 0 Å². The molecule has 0 amide bonds. The number of hydrogen-bond donors (Lipinski definition) is 1. The Hall–Kier alpha value is -1.62. The summed E-state index contributed by atoms with van der Waals surface area (Å²) in [4.78, 5) is 16.7. The van der Waals surface area contributed by atoms with Crippen molar-refractivity contribution in [1.82, 2.24) is 15.2 Å². The van der Waals surface area contributed by atoms with Gasteiger partial charge in [0.25, 0.3) is 0 Å². The van der Waals surface area contributed by atoms with Crippen molar-refractivity contribution in [2.45, 2.75) is 38.1 Å². The van der Waals surface area contributed by atoms with Gasteiger partial charge in [0.2, 0.25) is 5.16 Å². The zero-order chi connectivity index (χ0) is 14.0. The highest BCUT2D eigenvalue weighted by atomic mass is 32.2. The molecule has 0 saturated carbocycles. The van der Waals surface area contributed by atoms with Crippen LogP contribution in [0.2, 0.25) is 0 Å². The fourth-order valence-corrected chi connectivity index (χ4v) is 2.65. The fraction of sp³-hybridized carbons (Fsp3) is 0.357. The number of aryl methyl sites for hydroxylation is 3. The van der Waals surface area contributed by atoms with Crippen molar-refractivity contribution in [3.05, 3.63) is 40.7 Å². The Morgan fingerprint density at radius 2 is 2.05 bits per heavy atom. The summed E-state index contributed by atoms with van der Waals surface area (Å²) in [6.45, 7) is 7.68. The molecule has 0 aliphatic carbocycles. The summed E-state index contributed by atoms with van der Waals surface area (Å²) < 4.78 is 0. The third kappa shape index (κ3) is 3.23. The molecule has 0 aliphatic heterocycles. The molecule has 0 fully saturated rings. The van der Waals surface area contributed by atoms with Gasteiger partial charge in [-0.3, -0.25) is 9.89 Å². The van der Waals surface area contributed by atoms with E-state index in [0.717, 1.165) is 22.5 Å². The standard InChI is InChI=1S/C14H17N3OS/c1-8-5-6-9(2)12(7-8)13(18)10(3)19-14-15-11(4)16-17-14/h5-7,10H,1-4H3,(H,15,16,17). The molecule has 0 aliphatic rings. The van der Waals surface area contributed by atoms with Crippen LogP contribution in [0.1, 0.15) is 34.2 Å². The molecule has 0 radical (unpaired) electrons. The van der Waals surface area contributed by atoms with Gasteiger partial charge in [0, 0.05) is 5.56 Å². The van der Waals surface area contributed by atoms with Gasteiger partial charge in [0.15, 0.2) is 5.78 Å². The lowest BCUT2D eigenvalue weighted by molar-refractivity contribution is 0.0993. The Morgan fingerprint density at radius 3 is 2.68 bits per heavy atom. The highest BCUT2D eigenvalue weighted by Crippen LogP contribution is 2.24. The number of ketones is 1. The monoisotopic (exact) mass is 275 g/mol. The molecular weight excluding hydrogens is 258 g/mol. The van der Waals surface area contributed by atoms with E-state index in [-0.39, 0.29) is 11.0 Å². The molecule has 0 spiro atoms. The number of rotatable bonds is 4. The van der Waals surface area contributed by atoms with E-state index in [1.807, 2.05) is 45.9 Å². The van der Waals surface area contributed by atoms with Crippen LogP contribution in [0.25, 0.3) is 0 Å². The summed E-state index contributed by atoms with van der Waals surface area (Å²) in [5, 5.41) is 7.24. The maximum Gasteiger partial charge on any atom is 0.209 e. The van der Waals surface area contributed by atoms with Gasteiger partial charge < -0.3 is 0 Å². The van der Waals surface area contributed by atoms with E-state index in [9.17, 15) is 4.79 Å². The van der Waals surface area contributed by atoms with Crippen molar-refractivity contribution < 1.29 is 4.79 Å². The number of carbonyl (C=O) groups is 1. The highest BCUT2D eigenvalue weighted by Gasteiger charge is 2.20. The number of Topliss-reactive ketones (excluding diaryl/α,β-unsaturated/α-hetero) is 1. The summed E-state index contributed by atoms with van der Waals surface area (Å²) in [5.74, 6) is 0.877. The van der Waals surface area contributed by atoms with Crippen molar-refractivity contribution in [3.63, 3.8) is 0 Å². The number of carbonyl (C=O) groups excluding carboxylic acids is 1. The quantitative estimate of drug-likeness (QED) is 0.688. The molecule has 0 bridgehead atoms. The van der Waals surface area contributed by atoms with Gasteiger partial charge in [-0.2, -0.15) is 0 Å². The van der Waals surface area contributed by atoms with Crippen LogP contribution in [0.5, 0.6) is 0 Å². The number of hydrogen-bond acceptors (Lipinski definition) is 4. The lowest BCUT2D eigenvalue weighted by atomic mass is 10.0.